The molecular formula is C12H17F3N2O. The highest BCUT2D eigenvalue weighted by molar-refractivity contribution is 5.45. The van der Waals surface area contributed by atoms with E-state index in [0.29, 0.717) is 18.8 Å². The van der Waals surface area contributed by atoms with Gasteiger partial charge in [0, 0.05) is 32.4 Å². The number of anilines is 1. The van der Waals surface area contributed by atoms with Gasteiger partial charge in [0.05, 0.1) is 12.2 Å². The Hall–Kier alpha value is -1.27. The van der Waals surface area contributed by atoms with E-state index in [9.17, 15) is 13.2 Å². The zero-order valence-electron chi connectivity index (χ0n) is 10.2. The maximum absolute atomic E-state index is 12.3. The van der Waals surface area contributed by atoms with Crippen molar-refractivity contribution in [2.24, 2.45) is 0 Å². The molecule has 18 heavy (non-hydrogen) atoms. The van der Waals surface area contributed by atoms with Gasteiger partial charge in [-0.2, -0.15) is 13.2 Å². The minimum Gasteiger partial charge on any atom is -0.384 e. The summed E-state index contributed by atoms with van der Waals surface area (Å²) in [4.78, 5) is 0. The van der Waals surface area contributed by atoms with Crippen molar-refractivity contribution >= 4 is 5.69 Å². The van der Waals surface area contributed by atoms with Crippen LogP contribution in [0.2, 0.25) is 0 Å². The predicted octanol–water partition coefficient (Wildman–Crippen LogP) is 2.35. The smallest absolute Gasteiger partial charge is 0.384 e. The molecule has 2 N–H and O–H groups in total. The molecular weight excluding hydrogens is 245 g/mol. The van der Waals surface area contributed by atoms with Crippen LogP contribution in [-0.4, -0.2) is 33.4 Å². The van der Waals surface area contributed by atoms with Gasteiger partial charge in [-0.25, -0.2) is 0 Å². The number of hydrogen-bond acceptors (Lipinski definition) is 3. The highest BCUT2D eigenvalue weighted by atomic mass is 19.4. The summed E-state index contributed by atoms with van der Waals surface area (Å²) in [6, 6.07) is 5.00. The summed E-state index contributed by atoms with van der Waals surface area (Å²) in [5.41, 5.74) is 0.0443. The third-order valence-corrected chi connectivity index (χ3v) is 2.33. The minimum atomic E-state index is -4.28. The van der Waals surface area contributed by atoms with E-state index in [-0.39, 0.29) is 0 Å². The average Bonchev–Trinajstić information content (AvgIpc) is 2.33. The normalized spacial score (nSPS) is 11.6. The van der Waals surface area contributed by atoms with E-state index in [0.717, 1.165) is 25.2 Å². The number of nitrogens with one attached hydrogen (secondary N) is 2. The van der Waals surface area contributed by atoms with Gasteiger partial charge in [-0.05, 0) is 24.3 Å². The molecule has 0 spiro atoms. The molecule has 0 saturated carbocycles. The largest absolute Gasteiger partial charge is 0.416 e. The molecule has 0 aliphatic heterocycles. The van der Waals surface area contributed by atoms with Crippen LogP contribution in [0.5, 0.6) is 0 Å². The highest BCUT2D eigenvalue weighted by Gasteiger charge is 2.29. The van der Waals surface area contributed by atoms with E-state index in [4.69, 9.17) is 4.74 Å². The summed E-state index contributed by atoms with van der Waals surface area (Å²) < 4.78 is 41.8. The summed E-state index contributed by atoms with van der Waals surface area (Å²) >= 11 is 0. The lowest BCUT2D eigenvalue weighted by molar-refractivity contribution is -0.137. The van der Waals surface area contributed by atoms with Crippen molar-refractivity contribution < 1.29 is 17.9 Å². The maximum atomic E-state index is 12.3. The van der Waals surface area contributed by atoms with Crippen LogP contribution in [0, 0.1) is 0 Å². The van der Waals surface area contributed by atoms with Crippen LogP contribution in [0.4, 0.5) is 18.9 Å². The second-order valence-corrected chi connectivity index (χ2v) is 3.74. The monoisotopic (exact) mass is 262 g/mol. The first-order valence-electron chi connectivity index (χ1n) is 5.65. The zero-order valence-corrected chi connectivity index (χ0v) is 10.2. The molecule has 0 amide bonds. The minimum absolute atomic E-state index is 0.633. The van der Waals surface area contributed by atoms with Gasteiger partial charge in [0.2, 0.25) is 0 Å². The molecule has 0 aliphatic carbocycles. The number of hydrogen-bond donors (Lipinski definition) is 2. The topological polar surface area (TPSA) is 33.3 Å². The van der Waals surface area contributed by atoms with Crippen molar-refractivity contribution in [3.8, 4) is 0 Å². The zero-order chi connectivity index (χ0) is 13.4. The molecule has 0 unspecified atom stereocenters. The van der Waals surface area contributed by atoms with Crippen LogP contribution in [0.25, 0.3) is 0 Å². The average molecular weight is 262 g/mol. The van der Waals surface area contributed by atoms with Crippen molar-refractivity contribution in [2.45, 2.75) is 6.18 Å². The Morgan fingerprint density at radius 3 is 2.28 bits per heavy atom. The van der Waals surface area contributed by atoms with Crippen molar-refractivity contribution in [3.63, 3.8) is 0 Å². The van der Waals surface area contributed by atoms with Gasteiger partial charge in [-0.15, -0.1) is 0 Å². The fourth-order valence-electron chi connectivity index (χ4n) is 1.37. The Labute approximate surface area is 104 Å². The van der Waals surface area contributed by atoms with Crippen LogP contribution in [0.3, 0.4) is 0 Å². The van der Waals surface area contributed by atoms with Crippen molar-refractivity contribution in [1.29, 1.82) is 0 Å². The van der Waals surface area contributed by atoms with Gasteiger partial charge in [0.15, 0.2) is 0 Å². The highest BCUT2D eigenvalue weighted by Crippen LogP contribution is 2.29. The molecule has 6 heteroatoms. The molecule has 0 heterocycles. The fraction of sp³-hybridized carbons (Fsp3) is 0.500. The number of benzene rings is 1. The summed E-state index contributed by atoms with van der Waals surface area (Å²) in [6.07, 6.45) is -4.28. The Morgan fingerprint density at radius 1 is 1.06 bits per heavy atom. The molecule has 0 saturated heterocycles. The fourth-order valence-corrected chi connectivity index (χ4v) is 1.37. The predicted molar refractivity (Wildman–Crippen MR) is 64.7 cm³/mol. The molecule has 0 radical (unpaired) electrons. The van der Waals surface area contributed by atoms with Gasteiger partial charge in [-0.3, -0.25) is 0 Å². The third-order valence-electron chi connectivity index (χ3n) is 2.33. The number of methoxy groups -OCH3 is 1. The molecule has 0 aromatic heterocycles. The summed E-state index contributed by atoms with van der Waals surface area (Å²) in [5.74, 6) is 0. The first-order valence-corrected chi connectivity index (χ1v) is 5.65. The molecule has 102 valence electrons. The van der Waals surface area contributed by atoms with E-state index in [1.807, 2.05) is 0 Å². The van der Waals surface area contributed by atoms with Crippen molar-refractivity contribution in [3.05, 3.63) is 29.8 Å². The number of rotatable bonds is 7. The first-order chi connectivity index (χ1) is 8.54. The second-order valence-electron chi connectivity index (χ2n) is 3.74. The van der Waals surface area contributed by atoms with Gasteiger partial charge < -0.3 is 15.4 Å². The van der Waals surface area contributed by atoms with E-state index >= 15 is 0 Å². The van der Waals surface area contributed by atoms with Crippen molar-refractivity contribution in [2.75, 3.05) is 38.7 Å². The molecule has 3 nitrogen and oxygen atoms in total. The third kappa shape index (κ3) is 5.37. The lowest BCUT2D eigenvalue weighted by Crippen LogP contribution is -2.25. The van der Waals surface area contributed by atoms with Crippen molar-refractivity contribution in [1.82, 2.24) is 5.32 Å². The van der Waals surface area contributed by atoms with Crippen LogP contribution in [0.15, 0.2) is 24.3 Å². The Kier molecular flexibility index (Phi) is 5.94. The standard InChI is InChI=1S/C12H17F3N2O/c1-18-9-8-16-6-7-17-11-4-2-10(3-5-11)12(13,14)15/h2-5,16-17H,6-9H2,1H3. The molecule has 0 atom stereocenters. The van der Waals surface area contributed by atoms with E-state index in [2.05, 4.69) is 10.6 Å². The van der Waals surface area contributed by atoms with Crippen LogP contribution < -0.4 is 10.6 Å². The summed E-state index contributed by atoms with van der Waals surface area (Å²) in [6.45, 7) is 2.77. The molecule has 1 aromatic carbocycles. The summed E-state index contributed by atoms with van der Waals surface area (Å²) in [7, 11) is 1.63. The lowest BCUT2D eigenvalue weighted by atomic mass is 10.2. The van der Waals surface area contributed by atoms with Crippen LogP contribution in [-0.2, 0) is 10.9 Å². The molecule has 0 bridgehead atoms. The van der Waals surface area contributed by atoms with Gasteiger partial charge >= 0.3 is 6.18 Å². The molecule has 1 aromatic rings. The quantitative estimate of drug-likeness (QED) is 0.740. The van der Waals surface area contributed by atoms with E-state index in [1.54, 1.807) is 7.11 Å². The number of halogens is 3. The van der Waals surface area contributed by atoms with Gasteiger partial charge in [0.1, 0.15) is 0 Å². The number of ether oxygens (including phenoxy) is 1. The lowest BCUT2D eigenvalue weighted by Gasteiger charge is -2.10. The van der Waals surface area contributed by atoms with E-state index < -0.39 is 11.7 Å². The molecule has 0 fully saturated rings. The maximum Gasteiger partial charge on any atom is 0.416 e. The SMILES string of the molecule is COCCNCCNc1ccc(C(F)(F)F)cc1. The Morgan fingerprint density at radius 2 is 1.72 bits per heavy atom. The Balaban J connectivity index is 2.27. The van der Waals surface area contributed by atoms with Crippen LogP contribution in [0.1, 0.15) is 5.56 Å². The first kappa shape index (κ1) is 14.8. The van der Waals surface area contributed by atoms with Crippen LogP contribution >= 0.6 is 0 Å². The summed E-state index contributed by atoms with van der Waals surface area (Å²) in [5, 5.41) is 6.15. The van der Waals surface area contributed by atoms with E-state index in [1.165, 1.54) is 12.1 Å². The van der Waals surface area contributed by atoms with Gasteiger partial charge in [0.25, 0.3) is 0 Å². The second kappa shape index (κ2) is 7.23. The number of alkyl halides is 3. The molecule has 1 rings (SSSR count). The Bertz CT molecular complexity index is 338. The molecule has 0 aliphatic rings. The van der Waals surface area contributed by atoms with Gasteiger partial charge in [-0.1, -0.05) is 0 Å².